The van der Waals surface area contributed by atoms with Crippen LogP contribution in [0.5, 0.6) is 0 Å². The molecule has 0 bridgehead atoms. The lowest BCUT2D eigenvalue weighted by Gasteiger charge is -2.25. The van der Waals surface area contributed by atoms with E-state index in [4.69, 9.17) is 0 Å². The summed E-state index contributed by atoms with van der Waals surface area (Å²) in [5, 5.41) is 17.4. The summed E-state index contributed by atoms with van der Waals surface area (Å²) in [6.45, 7) is 0.0632. The Kier molecular flexibility index (Phi) is 3.73. The van der Waals surface area contributed by atoms with Gasteiger partial charge in [0.1, 0.15) is 11.6 Å². The normalized spacial score (nSPS) is 20.4. The fourth-order valence-corrected chi connectivity index (χ4v) is 3.41. The Morgan fingerprint density at radius 1 is 1.28 bits per heavy atom. The van der Waals surface area contributed by atoms with Gasteiger partial charge in [0, 0.05) is 17.5 Å². The van der Waals surface area contributed by atoms with Crippen LogP contribution in [0.4, 0.5) is 8.78 Å². The Hall–Kier alpha value is -2.80. The summed E-state index contributed by atoms with van der Waals surface area (Å²) < 4.78 is 27.8. The van der Waals surface area contributed by atoms with E-state index >= 15 is 0 Å². The molecule has 2 N–H and O–H groups in total. The molecule has 1 aliphatic rings. The molecule has 25 heavy (non-hydrogen) atoms. The number of carbonyl (C=O) groups excluding carboxylic acids is 1. The molecule has 0 saturated carbocycles. The van der Waals surface area contributed by atoms with Gasteiger partial charge in [-0.3, -0.25) is 9.89 Å². The maximum absolute atomic E-state index is 14.2. The first-order chi connectivity index (χ1) is 12.0. The van der Waals surface area contributed by atoms with Crippen LogP contribution in [0, 0.1) is 11.6 Å². The number of β-amino-alcohol motifs (C(OH)–C–C–N with tert-alkyl or cyclic N) is 1. The summed E-state index contributed by atoms with van der Waals surface area (Å²) in [4.78, 5) is 14.4. The first kappa shape index (κ1) is 15.7. The van der Waals surface area contributed by atoms with Gasteiger partial charge in [-0.25, -0.2) is 8.78 Å². The molecular weight excluding hydrogens is 328 g/mol. The molecule has 4 rings (SSSR count). The van der Waals surface area contributed by atoms with Gasteiger partial charge in [-0.2, -0.15) is 5.10 Å². The Balaban J connectivity index is 1.76. The fraction of sp³-hybridized carbons (Fsp3) is 0.222. The van der Waals surface area contributed by atoms with Crippen molar-refractivity contribution in [2.24, 2.45) is 0 Å². The number of likely N-dealkylation sites (tertiary alicyclic amines) is 1. The zero-order valence-corrected chi connectivity index (χ0v) is 13.1. The SMILES string of the molecule is O=C(c1cccc2[nH]ncc12)N1C[C@H](O)C[C@@H]1c1cc(F)ccc1F. The maximum Gasteiger partial charge on any atom is 0.255 e. The molecule has 2 atom stereocenters. The molecular formula is C18H15F2N3O2. The quantitative estimate of drug-likeness (QED) is 0.752. The summed E-state index contributed by atoms with van der Waals surface area (Å²) in [5.41, 5.74) is 1.19. The largest absolute Gasteiger partial charge is 0.391 e. The number of aromatic amines is 1. The number of rotatable bonds is 2. The number of benzene rings is 2. The van der Waals surface area contributed by atoms with Crippen molar-refractivity contribution in [1.29, 1.82) is 0 Å². The number of aliphatic hydroxyl groups is 1. The van der Waals surface area contributed by atoms with Crippen LogP contribution in [0.25, 0.3) is 10.9 Å². The highest BCUT2D eigenvalue weighted by Crippen LogP contribution is 2.35. The highest BCUT2D eigenvalue weighted by molar-refractivity contribution is 6.06. The van der Waals surface area contributed by atoms with Crippen molar-refractivity contribution in [2.45, 2.75) is 18.6 Å². The number of fused-ring (bicyclic) bond motifs is 1. The molecule has 3 aromatic rings. The molecule has 1 aromatic heterocycles. The minimum atomic E-state index is -0.792. The van der Waals surface area contributed by atoms with Gasteiger partial charge in [0.25, 0.3) is 5.91 Å². The van der Waals surface area contributed by atoms with E-state index in [-0.39, 0.29) is 24.4 Å². The van der Waals surface area contributed by atoms with Crippen molar-refractivity contribution in [1.82, 2.24) is 15.1 Å². The van der Waals surface area contributed by atoms with Crippen LogP contribution in [0.1, 0.15) is 28.4 Å². The summed E-state index contributed by atoms with van der Waals surface area (Å²) >= 11 is 0. The Labute approximate surface area is 141 Å². The predicted octanol–water partition coefficient (Wildman–Crippen LogP) is 2.79. The number of aromatic nitrogens is 2. The van der Waals surface area contributed by atoms with Crippen molar-refractivity contribution in [3.63, 3.8) is 0 Å². The van der Waals surface area contributed by atoms with Crippen LogP contribution in [0.3, 0.4) is 0 Å². The second-order valence-electron chi connectivity index (χ2n) is 6.17. The summed E-state index contributed by atoms with van der Waals surface area (Å²) in [6, 6.07) is 7.60. The topological polar surface area (TPSA) is 69.2 Å². The summed E-state index contributed by atoms with van der Waals surface area (Å²) in [5.74, 6) is -1.53. The Morgan fingerprint density at radius 3 is 2.96 bits per heavy atom. The zero-order valence-electron chi connectivity index (χ0n) is 13.1. The fourth-order valence-electron chi connectivity index (χ4n) is 3.41. The third-order valence-corrected chi connectivity index (χ3v) is 4.57. The third kappa shape index (κ3) is 2.66. The molecule has 0 aliphatic carbocycles. The number of amides is 1. The Morgan fingerprint density at radius 2 is 2.12 bits per heavy atom. The number of nitrogens with zero attached hydrogens (tertiary/aromatic N) is 2. The molecule has 2 aromatic carbocycles. The molecule has 0 spiro atoms. The molecule has 1 aliphatic heterocycles. The standard InChI is InChI=1S/C18H15F2N3O2/c19-10-4-5-15(20)13(6-10)17-7-11(24)9-23(17)18(25)12-2-1-3-16-14(12)8-21-22-16/h1-6,8,11,17,24H,7,9H2,(H,21,22)/t11-,17-/m1/s1. The maximum atomic E-state index is 14.2. The van der Waals surface area contributed by atoms with Crippen LogP contribution in [0.15, 0.2) is 42.6 Å². The minimum absolute atomic E-state index is 0.0632. The number of nitrogens with one attached hydrogen (secondary N) is 1. The van der Waals surface area contributed by atoms with Gasteiger partial charge < -0.3 is 10.0 Å². The van der Waals surface area contributed by atoms with Gasteiger partial charge in [-0.1, -0.05) is 6.07 Å². The molecule has 2 heterocycles. The van der Waals surface area contributed by atoms with Gasteiger partial charge in [-0.15, -0.1) is 0 Å². The molecule has 7 heteroatoms. The predicted molar refractivity (Wildman–Crippen MR) is 86.9 cm³/mol. The van der Waals surface area contributed by atoms with E-state index in [1.54, 1.807) is 24.4 Å². The number of H-pyrrole nitrogens is 1. The highest BCUT2D eigenvalue weighted by Gasteiger charge is 2.37. The second-order valence-corrected chi connectivity index (χ2v) is 6.17. The van der Waals surface area contributed by atoms with Gasteiger partial charge >= 0.3 is 0 Å². The molecule has 5 nitrogen and oxygen atoms in total. The van der Waals surface area contributed by atoms with Gasteiger partial charge in [0.05, 0.1) is 29.4 Å². The number of halogens is 2. The van der Waals surface area contributed by atoms with Crippen molar-refractivity contribution >= 4 is 16.8 Å². The van der Waals surface area contributed by atoms with Crippen molar-refractivity contribution < 1.29 is 18.7 Å². The average molecular weight is 343 g/mol. The Bertz CT molecular complexity index is 956. The van der Waals surface area contributed by atoms with Crippen LogP contribution >= 0.6 is 0 Å². The first-order valence-electron chi connectivity index (χ1n) is 7.90. The molecule has 0 radical (unpaired) electrons. The molecule has 128 valence electrons. The zero-order chi connectivity index (χ0) is 17.6. The van der Waals surface area contributed by atoms with E-state index in [9.17, 15) is 18.7 Å². The summed E-state index contributed by atoms with van der Waals surface area (Å²) in [7, 11) is 0. The first-order valence-corrected chi connectivity index (χ1v) is 7.90. The van der Waals surface area contributed by atoms with Crippen LogP contribution in [-0.2, 0) is 0 Å². The van der Waals surface area contributed by atoms with Crippen molar-refractivity contribution in [3.8, 4) is 0 Å². The van der Waals surface area contributed by atoms with Gasteiger partial charge in [0.2, 0.25) is 0 Å². The van der Waals surface area contributed by atoms with E-state index < -0.39 is 23.8 Å². The molecule has 1 fully saturated rings. The van der Waals surface area contributed by atoms with E-state index in [2.05, 4.69) is 10.2 Å². The smallest absolute Gasteiger partial charge is 0.255 e. The number of aliphatic hydroxyl groups excluding tert-OH is 1. The molecule has 1 amide bonds. The van der Waals surface area contributed by atoms with E-state index in [0.29, 0.717) is 16.5 Å². The van der Waals surface area contributed by atoms with E-state index in [1.165, 1.54) is 4.90 Å². The van der Waals surface area contributed by atoms with Crippen molar-refractivity contribution in [3.05, 3.63) is 65.4 Å². The number of hydrogen-bond acceptors (Lipinski definition) is 3. The monoisotopic (exact) mass is 343 g/mol. The number of carbonyl (C=O) groups is 1. The average Bonchev–Trinajstić information content (AvgIpc) is 3.22. The third-order valence-electron chi connectivity index (χ3n) is 4.57. The van der Waals surface area contributed by atoms with Gasteiger partial charge in [0.15, 0.2) is 0 Å². The number of hydrogen-bond donors (Lipinski definition) is 2. The van der Waals surface area contributed by atoms with Crippen LogP contribution < -0.4 is 0 Å². The van der Waals surface area contributed by atoms with E-state index in [0.717, 1.165) is 18.2 Å². The second kappa shape index (κ2) is 5.93. The lowest BCUT2D eigenvalue weighted by atomic mass is 10.0. The van der Waals surface area contributed by atoms with Crippen LogP contribution in [-0.4, -0.2) is 38.8 Å². The van der Waals surface area contributed by atoms with Crippen LogP contribution in [0.2, 0.25) is 0 Å². The van der Waals surface area contributed by atoms with E-state index in [1.807, 2.05) is 0 Å². The summed E-state index contributed by atoms with van der Waals surface area (Å²) in [6.07, 6.45) is 0.917. The van der Waals surface area contributed by atoms with Crippen molar-refractivity contribution in [2.75, 3.05) is 6.54 Å². The lowest BCUT2D eigenvalue weighted by molar-refractivity contribution is 0.0715. The molecule has 0 unspecified atom stereocenters. The highest BCUT2D eigenvalue weighted by atomic mass is 19.1. The lowest BCUT2D eigenvalue weighted by Crippen LogP contribution is -2.32. The minimum Gasteiger partial charge on any atom is -0.391 e. The van der Waals surface area contributed by atoms with Gasteiger partial charge in [-0.05, 0) is 36.8 Å². The molecule has 1 saturated heterocycles.